The topological polar surface area (TPSA) is 63.2 Å². The number of benzene rings is 1. The van der Waals surface area contributed by atoms with Crippen molar-refractivity contribution >= 4 is 11.6 Å². The number of anilines is 1. The average molecular weight is 313 g/mol. The van der Waals surface area contributed by atoms with Gasteiger partial charge in [-0.1, -0.05) is 18.2 Å². The van der Waals surface area contributed by atoms with Crippen molar-refractivity contribution in [2.75, 3.05) is 11.9 Å². The van der Waals surface area contributed by atoms with E-state index in [2.05, 4.69) is 15.6 Å². The minimum Gasteiger partial charge on any atom is -0.489 e. The van der Waals surface area contributed by atoms with Crippen LogP contribution in [0.4, 0.5) is 5.69 Å². The van der Waals surface area contributed by atoms with Crippen LogP contribution in [0.5, 0.6) is 5.75 Å². The van der Waals surface area contributed by atoms with Crippen LogP contribution >= 0.6 is 0 Å². The van der Waals surface area contributed by atoms with E-state index in [4.69, 9.17) is 4.74 Å². The van der Waals surface area contributed by atoms with Gasteiger partial charge in [0.1, 0.15) is 5.75 Å². The number of hydrogen-bond donors (Lipinski definition) is 2. The minimum absolute atomic E-state index is 0.00334. The number of pyridine rings is 1. The van der Waals surface area contributed by atoms with Crippen molar-refractivity contribution in [2.45, 2.75) is 32.9 Å². The monoisotopic (exact) mass is 313 g/mol. The van der Waals surface area contributed by atoms with E-state index in [0.717, 1.165) is 17.0 Å². The first-order valence-corrected chi connectivity index (χ1v) is 7.80. The molecule has 0 radical (unpaired) electrons. The average Bonchev–Trinajstić information content (AvgIpc) is 2.55. The van der Waals surface area contributed by atoms with E-state index < -0.39 is 0 Å². The Morgan fingerprint density at radius 1 is 1.22 bits per heavy atom. The molecule has 5 nitrogen and oxygen atoms in total. The van der Waals surface area contributed by atoms with Crippen LogP contribution in [0.25, 0.3) is 0 Å². The zero-order chi connectivity index (χ0) is 16.5. The van der Waals surface area contributed by atoms with Crippen molar-refractivity contribution in [3.8, 4) is 5.75 Å². The summed E-state index contributed by atoms with van der Waals surface area (Å²) in [7, 11) is 0. The van der Waals surface area contributed by atoms with Crippen LogP contribution in [0.15, 0.2) is 48.8 Å². The summed E-state index contributed by atoms with van der Waals surface area (Å²) in [5, 5.41) is 6.13. The number of rotatable bonds is 8. The molecular formula is C18H23N3O2. The third kappa shape index (κ3) is 5.98. The lowest BCUT2D eigenvalue weighted by molar-refractivity contribution is -0.121. The number of carbonyl (C=O) groups excluding carboxylic acids is 1. The van der Waals surface area contributed by atoms with Crippen molar-refractivity contribution in [3.05, 3.63) is 54.4 Å². The maximum atomic E-state index is 11.9. The van der Waals surface area contributed by atoms with Gasteiger partial charge < -0.3 is 15.4 Å². The van der Waals surface area contributed by atoms with E-state index in [-0.39, 0.29) is 12.0 Å². The molecule has 0 aliphatic heterocycles. The molecule has 0 unspecified atom stereocenters. The van der Waals surface area contributed by atoms with Gasteiger partial charge in [-0.05, 0) is 37.6 Å². The molecule has 0 bridgehead atoms. The Kier molecular flexibility index (Phi) is 6.41. The van der Waals surface area contributed by atoms with Crippen LogP contribution in [-0.4, -0.2) is 23.5 Å². The van der Waals surface area contributed by atoms with Gasteiger partial charge in [0.25, 0.3) is 0 Å². The summed E-state index contributed by atoms with van der Waals surface area (Å²) < 4.78 is 5.74. The number of carbonyl (C=O) groups is 1. The third-order valence-electron chi connectivity index (χ3n) is 3.13. The summed E-state index contributed by atoms with van der Waals surface area (Å²) in [6, 6.07) is 11.5. The van der Waals surface area contributed by atoms with E-state index in [9.17, 15) is 4.79 Å². The Morgan fingerprint density at radius 2 is 2.04 bits per heavy atom. The number of nitrogens with one attached hydrogen (secondary N) is 2. The van der Waals surface area contributed by atoms with E-state index in [0.29, 0.717) is 19.5 Å². The Bertz CT molecular complexity index is 615. The number of aromatic nitrogens is 1. The molecule has 0 aliphatic carbocycles. The predicted octanol–water partition coefficient (Wildman–Crippen LogP) is 2.99. The number of hydrogen-bond acceptors (Lipinski definition) is 4. The van der Waals surface area contributed by atoms with Crippen LogP contribution in [0.3, 0.4) is 0 Å². The molecule has 2 N–H and O–H groups in total. The maximum Gasteiger partial charge on any atom is 0.222 e. The van der Waals surface area contributed by atoms with Gasteiger partial charge in [0.05, 0.1) is 11.8 Å². The fraction of sp³-hybridized carbons (Fsp3) is 0.333. The molecule has 122 valence electrons. The highest BCUT2D eigenvalue weighted by molar-refractivity contribution is 5.76. The van der Waals surface area contributed by atoms with Crippen molar-refractivity contribution < 1.29 is 9.53 Å². The first kappa shape index (κ1) is 16.8. The van der Waals surface area contributed by atoms with Gasteiger partial charge in [-0.25, -0.2) is 0 Å². The van der Waals surface area contributed by atoms with Crippen molar-refractivity contribution in [3.63, 3.8) is 0 Å². The molecule has 1 amide bonds. The molecule has 0 aliphatic rings. The molecule has 2 rings (SSSR count). The molecule has 0 saturated heterocycles. The molecule has 1 aromatic carbocycles. The van der Waals surface area contributed by atoms with Gasteiger partial charge in [0, 0.05) is 31.9 Å². The summed E-state index contributed by atoms with van der Waals surface area (Å²) in [6.07, 6.45) is 3.97. The molecular weight excluding hydrogens is 290 g/mol. The lowest BCUT2D eigenvalue weighted by Crippen LogP contribution is -2.25. The third-order valence-corrected chi connectivity index (χ3v) is 3.13. The Hall–Kier alpha value is -2.56. The van der Waals surface area contributed by atoms with E-state index in [1.807, 2.05) is 50.2 Å². The quantitative estimate of drug-likeness (QED) is 0.786. The first-order valence-electron chi connectivity index (χ1n) is 7.80. The second-order valence-electron chi connectivity index (χ2n) is 5.48. The van der Waals surface area contributed by atoms with Gasteiger partial charge in [0.15, 0.2) is 0 Å². The van der Waals surface area contributed by atoms with Crippen LogP contribution in [0.1, 0.15) is 25.8 Å². The Labute approximate surface area is 137 Å². The predicted molar refractivity (Wildman–Crippen MR) is 91.4 cm³/mol. The summed E-state index contributed by atoms with van der Waals surface area (Å²) in [6.45, 7) is 5.03. The Morgan fingerprint density at radius 3 is 2.78 bits per heavy atom. The summed E-state index contributed by atoms with van der Waals surface area (Å²) in [5.74, 6) is 0.807. The first-order chi connectivity index (χ1) is 11.1. The van der Waals surface area contributed by atoms with Crippen molar-refractivity contribution in [1.29, 1.82) is 0 Å². The highest BCUT2D eigenvalue weighted by Gasteiger charge is 2.06. The molecule has 5 heteroatoms. The standard InChI is InChI=1S/C18H23N3O2/c1-14(2)23-17-8-4-3-7-16(17)20-11-9-18(22)21-13-15-6-5-10-19-12-15/h3-8,10,12,14,20H,9,11,13H2,1-2H3,(H,21,22). The number of amides is 1. The number of para-hydroxylation sites is 2. The molecule has 1 heterocycles. The van der Waals surface area contributed by atoms with Crippen LogP contribution < -0.4 is 15.4 Å². The number of nitrogens with zero attached hydrogens (tertiary/aromatic N) is 1. The molecule has 1 aromatic heterocycles. The lowest BCUT2D eigenvalue weighted by Gasteiger charge is -2.15. The minimum atomic E-state index is 0.00334. The molecule has 0 saturated carbocycles. The Balaban J connectivity index is 1.75. The number of ether oxygens (including phenoxy) is 1. The largest absolute Gasteiger partial charge is 0.489 e. The zero-order valence-electron chi connectivity index (χ0n) is 13.6. The molecule has 0 spiro atoms. The maximum absolute atomic E-state index is 11.9. The normalized spacial score (nSPS) is 10.4. The summed E-state index contributed by atoms with van der Waals surface area (Å²) in [5.41, 5.74) is 1.89. The second-order valence-corrected chi connectivity index (χ2v) is 5.48. The van der Waals surface area contributed by atoms with Gasteiger partial charge in [0.2, 0.25) is 5.91 Å². The molecule has 0 fully saturated rings. The fourth-order valence-electron chi connectivity index (χ4n) is 2.07. The van der Waals surface area contributed by atoms with Crippen LogP contribution in [0, 0.1) is 0 Å². The molecule has 23 heavy (non-hydrogen) atoms. The highest BCUT2D eigenvalue weighted by Crippen LogP contribution is 2.24. The fourth-order valence-corrected chi connectivity index (χ4v) is 2.07. The van der Waals surface area contributed by atoms with E-state index in [1.54, 1.807) is 12.4 Å². The summed E-state index contributed by atoms with van der Waals surface area (Å²) >= 11 is 0. The van der Waals surface area contributed by atoms with Gasteiger partial charge in [-0.3, -0.25) is 9.78 Å². The molecule has 0 atom stereocenters. The van der Waals surface area contributed by atoms with Crippen molar-refractivity contribution in [1.82, 2.24) is 10.3 Å². The van der Waals surface area contributed by atoms with Gasteiger partial charge >= 0.3 is 0 Å². The van der Waals surface area contributed by atoms with E-state index in [1.165, 1.54) is 0 Å². The van der Waals surface area contributed by atoms with Crippen molar-refractivity contribution in [2.24, 2.45) is 0 Å². The smallest absolute Gasteiger partial charge is 0.222 e. The lowest BCUT2D eigenvalue weighted by atomic mass is 10.2. The zero-order valence-corrected chi connectivity index (χ0v) is 13.6. The summed E-state index contributed by atoms with van der Waals surface area (Å²) in [4.78, 5) is 15.9. The van der Waals surface area contributed by atoms with Crippen LogP contribution in [0.2, 0.25) is 0 Å². The van der Waals surface area contributed by atoms with Gasteiger partial charge in [-0.2, -0.15) is 0 Å². The molecule has 2 aromatic rings. The highest BCUT2D eigenvalue weighted by atomic mass is 16.5. The van der Waals surface area contributed by atoms with Crippen LogP contribution in [-0.2, 0) is 11.3 Å². The van der Waals surface area contributed by atoms with E-state index >= 15 is 0 Å². The van der Waals surface area contributed by atoms with Gasteiger partial charge in [-0.15, -0.1) is 0 Å². The SMILES string of the molecule is CC(C)Oc1ccccc1NCCC(=O)NCc1cccnc1. The second kappa shape index (κ2) is 8.78.